The number of carbonyl (C=O) groups is 2. The van der Waals surface area contributed by atoms with Gasteiger partial charge in [0.05, 0.1) is 19.4 Å². The van der Waals surface area contributed by atoms with Crippen molar-refractivity contribution in [3.8, 4) is 5.75 Å². The van der Waals surface area contributed by atoms with E-state index in [2.05, 4.69) is 5.10 Å². The summed E-state index contributed by atoms with van der Waals surface area (Å²) in [6.07, 6.45) is 0.692. The lowest BCUT2D eigenvalue weighted by molar-refractivity contribution is -0.132. The average molecular weight is 388 g/mol. The predicted octanol–water partition coefficient (Wildman–Crippen LogP) is 3.64. The van der Waals surface area contributed by atoms with E-state index in [-0.39, 0.29) is 18.1 Å². The van der Waals surface area contributed by atoms with Crippen LogP contribution in [0.2, 0.25) is 0 Å². The van der Waals surface area contributed by atoms with Gasteiger partial charge in [-0.05, 0) is 17.0 Å². The van der Waals surface area contributed by atoms with E-state index < -0.39 is 5.97 Å². The second-order valence-electron chi connectivity index (χ2n) is 6.62. The summed E-state index contributed by atoms with van der Waals surface area (Å²) in [4.78, 5) is 24.8. The minimum Gasteiger partial charge on any atom is -0.482 e. The van der Waals surface area contributed by atoms with E-state index in [1.807, 2.05) is 60.7 Å². The molecule has 0 saturated carbocycles. The molecule has 146 valence electrons. The largest absolute Gasteiger partial charge is 0.482 e. The van der Waals surface area contributed by atoms with Crippen molar-refractivity contribution in [2.45, 2.75) is 6.42 Å². The predicted molar refractivity (Wildman–Crippen MR) is 110 cm³/mol. The van der Waals surface area contributed by atoms with Gasteiger partial charge in [0.2, 0.25) is 0 Å². The van der Waals surface area contributed by atoms with Crippen LogP contribution in [0.1, 0.15) is 22.3 Å². The average Bonchev–Trinajstić information content (AvgIpc) is 3.27. The number of hydrogen-bond donors (Lipinski definition) is 0. The summed E-state index contributed by atoms with van der Waals surface area (Å²) < 4.78 is 10.7. The third kappa shape index (κ3) is 3.82. The van der Waals surface area contributed by atoms with E-state index in [1.54, 1.807) is 6.07 Å². The molecule has 4 rings (SSSR count). The van der Waals surface area contributed by atoms with Gasteiger partial charge in [-0.3, -0.25) is 4.79 Å². The lowest BCUT2D eigenvalue weighted by Crippen LogP contribution is -2.29. The third-order valence-electron chi connectivity index (χ3n) is 4.82. The molecule has 1 heterocycles. The van der Waals surface area contributed by atoms with Gasteiger partial charge in [-0.2, -0.15) is 5.10 Å². The zero-order valence-electron chi connectivity index (χ0n) is 16.0. The Morgan fingerprint density at radius 1 is 1.00 bits per heavy atom. The van der Waals surface area contributed by atoms with E-state index in [1.165, 1.54) is 12.1 Å². The first-order chi connectivity index (χ1) is 14.2. The van der Waals surface area contributed by atoms with Gasteiger partial charge in [-0.25, -0.2) is 9.80 Å². The van der Waals surface area contributed by atoms with Crippen molar-refractivity contribution in [3.63, 3.8) is 0 Å². The van der Waals surface area contributed by atoms with Crippen LogP contribution in [0.4, 0.5) is 0 Å². The van der Waals surface area contributed by atoms with E-state index in [0.717, 1.165) is 22.0 Å². The quantitative estimate of drug-likeness (QED) is 0.626. The number of carbonyl (C=O) groups excluding carboxylic acids is 2. The zero-order chi connectivity index (χ0) is 20.2. The van der Waals surface area contributed by atoms with Crippen LogP contribution in [0, 0.1) is 0 Å². The van der Waals surface area contributed by atoms with Crippen LogP contribution in [0.15, 0.2) is 71.8 Å². The molecule has 6 heteroatoms. The van der Waals surface area contributed by atoms with Gasteiger partial charge in [0, 0.05) is 11.8 Å². The van der Waals surface area contributed by atoms with Crippen molar-refractivity contribution in [3.05, 3.63) is 77.9 Å². The lowest BCUT2D eigenvalue weighted by Gasteiger charge is -2.15. The molecule has 29 heavy (non-hydrogen) atoms. The van der Waals surface area contributed by atoms with Crippen LogP contribution in [-0.4, -0.2) is 42.9 Å². The molecule has 0 N–H and O–H groups in total. The van der Waals surface area contributed by atoms with E-state index in [0.29, 0.717) is 18.7 Å². The Kier molecular flexibility index (Phi) is 5.24. The SMILES string of the molecule is COC(=O)c1ccc2ccccc2c1OCC(=O)N1CCC(c2ccccc2)=N1. The van der Waals surface area contributed by atoms with Crippen molar-refractivity contribution in [1.29, 1.82) is 0 Å². The molecule has 0 saturated heterocycles. The second-order valence-corrected chi connectivity index (χ2v) is 6.62. The van der Waals surface area contributed by atoms with Crippen LogP contribution in [0.25, 0.3) is 10.8 Å². The first-order valence-corrected chi connectivity index (χ1v) is 9.33. The first-order valence-electron chi connectivity index (χ1n) is 9.33. The third-order valence-corrected chi connectivity index (χ3v) is 4.82. The molecule has 3 aromatic rings. The minimum absolute atomic E-state index is 0.219. The Balaban J connectivity index is 1.55. The molecule has 1 amide bonds. The summed E-state index contributed by atoms with van der Waals surface area (Å²) in [6.45, 7) is 0.287. The van der Waals surface area contributed by atoms with Gasteiger partial charge in [-0.1, -0.05) is 60.7 Å². The summed E-state index contributed by atoms with van der Waals surface area (Å²) in [7, 11) is 1.32. The van der Waals surface area contributed by atoms with Gasteiger partial charge in [0.25, 0.3) is 5.91 Å². The molecule has 0 fully saturated rings. The van der Waals surface area contributed by atoms with Gasteiger partial charge in [-0.15, -0.1) is 0 Å². The molecule has 0 spiro atoms. The van der Waals surface area contributed by atoms with Crippen LogP contribution >= 0.6 is 0 Å². The Labute approximate surface area is 168 Å². The summed E-state index contributed by atoms with van der Waals surface area (Å²) in [5, 5.41) is 7.52. The first kappa shape index (κ1) is 18.7. The molecule has 0 aromatic heterocycles. The Hall–Kier alpha value is -3.67. The standard InChI is InChI=1S/C23H20N2O4/c1-28-23(27)19-12-11-16-7-5-6-10-18(16)22(19)29-15-21(26)25-14-13-20(24-25)17-8-3-2-4-9-17/h2-12H,13-15H2,1H3. The van der Waals surface area contributed by atoms with Crippen molar-refractivity contribution >= 4 is 28.4 Å². The number of ether oxygens (including phenoxy) is 2. The second kappa shape index (κ2) is 8.14. The fourth-order valence-corrected chi connectivity index (χ4v) is 3.35. The van der Waals surface area contributed by atoms with E-state index in [9.17, 15) is 9.59 Å². The Morgan fingerprint density at radius 3 is 2.55 bits per heavy atom. The van der Waals surface area contributed by atoms with Crippen molar-refractivity contribution in [2.24, 2.45) is 5.10 Å². The lowest BCUT2D eigenvalue weighted by atomic mass is 10.1. The zero-order valence-corrected chi connectivity index (χ0v) is 16.0. The summed E-state index contributed by atoms with van der Waals surface area (Å²) in [5.41, 5.74) is 2.17. The Morgan fingerprint density at radius 2 is 1.76 bits per heavy atom. The van der Waals surface area contributed by atoms with Crippen LogP contribution in [-0.2, 0) is 9.53 Å². The van der Waals surface area contributed by atoms with Crippen molar-refractivity contribution in [2.75, 3.05) is 20.3 Å². The fourth-order valence-electron chi connectivity index (χ4n) is 3.35. The molecule has 0 bridgehead atoms. The Bertz CT molecular complexity index is 1090. The minimum atomic E-state index is -0.510. The number of nitrogens with zero attached hydrogens (tertiary/aromatic N) is 2. The van der Waals surface area contributed by atoms with Crippen molar-refractivity contribution < 1.29 is 19.1 Å². The van der Waals surface area contributed by atoms with Crippen LogP contribution in [0.5, 0.6) is 5.75 Å². The molecule has 0 radical (unpaired) electrons. The van der Waals surface area contributed by atoms with Crippen LogP contribution in [0.3, 0.4) is 0 Å². The summed E-state index contributed by atoms with van der Waals surface area (Å²) in [6, 6.07) is 20.8. The summed E-state index contributed by atoms with van der Waals surface area (Å²) in [5.74, 6) is -0.432. The van der Waals surface area contributed by atoms with E-state index >= 15 is 0 Å². The molecule has 0 aliphatic carbocycles. The number of fused-ring (bicyclic) bond motifs is 1. The molecule has 1 aliphatic heterocycles. The molecular weight excluding hydrogens is 368 g/mol. The van der Waals surface area contributed by atoms with E-state index in [4.69, 9.17) is 9.47 Å². The highest BCUT2D eigenvalue weighted by atomic mass is 16.5. The molecule has 1 aliphatic rings. The van der Waals surface area contributed by atoms with Crippen LogP contribution < -0.4 is 4.74 Å². The van der Waals surface area contributed by atoms with Gasteiger partial charge >= 0.3 is 5.97 Å². The van der Waals surface area contributed by atoms with Gasteiger partial charge in [0.1, 0.15) is 11.3 Å². The smallest absolute Gasteiger partial charge is 0.341 e. The molecule has 6 nitrogen and oxygen atoms in total. The number of rotatable bonds is 5. The van der Waals surface area contributed by atoms with Gasteiger partial charge < -0.3 is 9.47 Å². The monoisotopic (exact) mass is 388 g/mol. The topological polar surface area (TPSA) is 68.2 Å². The number of benzene rings is 3. The number of amides is 1. The maximum atomic E-state index is 12.7. The molecular formula is C23H20N2O4. The number of hydrogen-bond acceptors (Lipinski definition) is 5. The highest BCUT2D eigenvalue weighted by molar-refractivity contribution is 6.03. The number of hydrazone groups is 1. The maximum absolute atomic E-state index is 12.7. The molecule has 0 unspecified atom stereocenters. The van der Waals surface area contributed by atoms with Crippen molar-refractivity contribution in [1.82, 2.24) is 5.01 Å². The highest BCUT2D eigenvalue weighted by Gasteiger charge is 2.23. The maximum Gasteiger partial charge on any atom is 0.341 e. The molecule has 3 aromatic carbocycles. The summed E-state index contributed by atoms with van der Waals surface area (Å²) >= 11 is 0. The molecule has 0 atom stereocenters. The number of esters is 1. The highest BCUT2D eigenvalue weighted by Crippen LogP contribution is 2.30. The number of methoxy groups -OCH3 is 1. The van der Waals surface area contributed by atoms with Gasteiger partial charge in [0.15, 0.2) is 6.61 Å². The fraction of sp³-hybridized carbons (Fsp3) is 0.174. The normalized spacial score (nSPS) is 13.3.